The largest absolute Gasteiger partial charge is 0.497 e. The van der Waals surface area contributed by atoms with Crippen molar-refractivity contribution in [1.82, 2.24) is 15.0 Å². The van der Waals surface area contributed by atoms with Crippen molar-refractivity contribution in [2.24, 2.45) is 23.7 Å². The molecule has 2 aromatic carbocycles. The van der Waals surface area contributed by atoms with Crippen molar-refractivity contribution in [3.05, 3.63) is 65.9 Å². The summed E-state index contributed by atoms with van der Waals surface area (Å²) in [5.74, 6) is 3.63. The maximum atomic E-state index is 13.9. The van der Waals surface area contributed by atoms with Crippen LogP contribution in [-0.4, -0.2) is 33.1 Å². The Morgan fingerprint density at radius 2 is 1.90 bits per heavy atom. The number of ether oxygens (including phenoxy) is 1. The van der Waals surface area contributed by atoms with E-state index in [0.717, 1.165) is 77.8 Å². The highest BCUT2D eigenvalue weighted by Crippen LogP contribution is 2.50. The zero-order valence-corrected chi connectivity index (χ0v) is 25.2. The van der Waals surface area contributed by atoms with Crippen LogP contribution < -0.4 is 14.8 Å². The zero-order valence-electron chi connectivity index (χ0n) is 24.4. The average Bonchev–Trinajstić information content (AvgIpc) is 3.10. The Labute approximate surface area is 240 Å². The number of nitrogens with zero attached hydrogens (tertiary/aromatic N) is 1. The summed E-state index contributed by atoms with van der Waals surface area (Å²) in [6.45, 7) is 7.65. The van der Waals surface area contributed by atoms with Gasteiger partial charge in [-0.15, -0.1) is 0 Å². The minimum atomic E-state index is -3.77. The van der Waals surface area contributed by atoms with E-state index in [2.05, 4.69) is 35.8 Å². The molecule has 2 heterocycles. The predicted octanol–water partition coefficient (Wildman–Crippen LogP) is 6.66. The molecule has 0 radical (unpaired) electrons. The lowest BCUT2D eigenvalue weighted by Gasteiger charge is -2.45. The number of pyridine rings is 1. The molecule has 2 N–H and O–H groups in total. The molecule has 5 rings (SSSR count). The lowest BCUT2D eigenvalue weighted by atomic mass is 9.60. The van der Waals surface area contributed by atoms with Gasteiger partial charge in [-0.2, -0.15) is 0 Å². The fourth-order valence-electron chi connectivity index (χ4n) is 6.91. The van der Waals surface area contributed by atoms with Crippen molar-refractivity contribution in [2.45, 2.75) is 82.7 Å². The number of sulfonamides is 1. The summed E-state index contributed by atoms with van der Waals surface area (Å²) in [4.78, 5) is 4.88. The molecule has 216 valence electrons. The maximum absolute atomic E-state index is 13.9. The Kier molecular flexibility index (Phi) is 9.13. The highest BCUT2D eigenvalue weighted by atomic mass is 32.2. The summed E-state index contributed by atoms with van der Waals surface area (Å²) >= 11 is 0. The molecule has 1 aliphatic heterocycles. The summed E-state index contributed by atoms with van der Waals surface area (Å²) in [7, 11) is -2.12. The third-order valence-electron chi connectivity index (χ3n) is 9.15. The standard InChI is InChI=1S/C33H45N3O3S/c1-5-6-23-8-12-27(13-9-23)40(37,38)36-33(29-16-18-34-31-14-11-26(39-4)21-30(29)31)32-20-25-19-24(10-7-22(2)3)28(25)15-17-35-32/h8-9,11-14,16,18,21-22,24-25,28,32-33,35-36H,5-7,10,15,17,19-20H2,1-4H3. The smallest absolute Gasteiger partial charge is 0.241 e. The SMILES string of the molecule is CCCc1ccc(S(=O)(=O)NC(c2ccnc3ccc(OC)cc23)C2CC3CC(CCC(C)C)C3CCN2)cc1. The molecule has 1 aliphatic carbocycles. The number of hydrogen-bond acceptors (Lipinski definition) is 5. The molecular weight excluding hydrogens is 518 g/mol. The third kappa shape index (κ3) is 6.37. The van der Waals surface area contributed by atoms with Crippen LogP contribution in [0, 0.1) is 23.7 Å². The van der Waals surface area contributed by atoms with Gasteiger partial charge in [0, 0.05) is 17.6 Å². The van der Waals surface area contributed by atoms with Gasteiger partial charge in [-0.25, -0.2) is 13.1 Å². The number of rotatable bonds is 11. The van der Waals surface area contributed by atoms with Gasteiger partial charge in [0.2, 0.25) is 10.0 Å². The lowest BCUT2D eigenvalue weighted by molar-refractivity contribution is 0.0510. The van der Waals surface area contributed by atoms with Crippen LogP contribution in [0.4, 0.5) is 0 Å². The Hall–Kier alpha value is -2.48. The minimum Gasteiger partial charge on any atom is -0.497 e. The van der Waals surface area contributed by atoms with Crippen LogP contribution in [0.2, 0.25) is 0 Å². The first-order valence-electron chi connectivity index (χ1n) is 15.1. The summed E-state index contributed by atoms with van der Waals surface area (Å²) < 4.78 is 36.4. The molecule has 5 unspecified atom stereocenters. The van der Waals surface area contributed by atoms with Crippen molar-refractivity contribution in [3.63, 3.8) is 0 Å². The Bertz CT molecular complexity index is 1390. The van der Waals surface area contributed by atoms with E-state index in [1.54, 1.807) is 25.4 Å². The molecule has 40 heavy (non-hydrogen) atoms. The van der Waals surface area contributed by atoms with Gasteiger partial charge in [-0.3, -0.25) is 4.98 Å². The van der Waals surface area contributed by atoms with Gasteiger partial charge < -0.3 is 10.1 Å². The first-order valence-corrected chi connectivity index (χ1v) is 16.5. The molecule has 1 saturated carbocycles. The summed E-state index contributed by atoms with van der Waals surface area (Å²) in [6.07, 6.45) is 9.71. The molecular formula is C33H45N3O3S. The Morgan fingerprint density at radius 3 is 2.62 bits per heavy atom. The molecule has 6 nitrogen and oxygen atoms in total. The van der Waals surface area contributed by atoms with Gasteiger partial charge in [0.25, 0.3) is 0 Å². The second-order valence-corrected chi connectivity index (χ2v) is 14.0. The van der Waals surface area contributed by atoms with Crippen LogP contribution in [0.15, 0.2) is 59.6 Å². The second-order valence-electron chi connectivity index (χ2n) is 12.3. The van der Waals surface area contributed by atoms with Gasteiger partial charge in [-0.1, -0.05) is 45.7 Å². The van der Waals surface area contributed by atoms with E-state index in [0.29, 0.717) is 10.8 Å². The van der Waals surface area contributed by atoms with E-state index in [9.17, 15) is 8.42 Å². The molecule has 1 aromatic heterocycles. The Morgan fingerprint density at radius 1 is 1.10 bits per heavy atom. The number of hydrogen-bond donors (Lipinski definition) is 2. The number of aryl methyl sites for hydroxylation is 1. The molecule has 5 atom stereocenters. The van der Waals surface area contributed by atoms with E-state index < -0.39 is 16.1 Å². The topological polar surface area (TPSA) is 80.3 Å². The van der Waals surface area contributed by atoms with E-state index in [1.165, 1.54) is 19.3 Å². The monoisotopic (exact) mass is 563 g/mol. The van der Waals surface area contributed by atoms with E-state index in [4.69, 9.17) is 4.74 Å². The maximum Gasteiger partial charge on any atom is 0.241 e. The molecule has 2 fully saturated rings. The van der Waals surface area contributed by atoms with Crippen molar-refractivity contribution < 1.29 is 13.2 Å². The van der Waals surface area contributed by atoms with Gasteiger partial charge in [0.05, 0.1) is 23.6 Å². The van der Waals surface area contributed by atoms with Gasteiger partial charge in [0.1, 0.15) is 5.75 Å². The summed E-state index contributed by atoms with van der Waals surface area (Å²) in [6, 6.07) is 14.7. The normalized spacial score (nSPS) is 23.8. The zero-order chi connectivity index (χ0) is 28.3. The van der Waals surface area contributed by atoms with Crippen LogP contribution in [0.3, 0.4) is 0 Å². The quantitative estimate of drug-likeness (QED) is 0.273. The highest BCUT2D eigenvalue weighted by Gasteiger charge is 2.44. The number of aromatic nitrogens is 1. The number of methoxy groups -OCH3 is 1. The number of benzene rings is 2. The van der Waals surface area contributed by atoms with Crippen molar-refractivity contribution >= 4 is 20.9 Å². The van der Waals surface area contributed by atoms with Gasteiger partial charge in [-0.05, 0) is 110 Å². The van der Waals surface area contributed by atoms with Gasteiger partial charge in [0.15, 0.2) is 0 Å². The van der Waals surface area contributed by atoms with E-state index in [1.807, 2.05) is 36.4 Å². The van der Waals surface area contributed by atoms with E-state index in [-0.39, 0.29) is 6.04 Å². The van der Waals surface area contributed by atoms with Crippen molar-refractivity contribution in [3.8, 4) is 5.75 Å². The first kappa shape index (κ1) is 29.0. The number of fused-ring (bicyclic) bond motifs is 2. The Balaban J connectivity index is 1.47. The second kappa shape index (κ2) is 12.6. The average molecular weight is 564 g/mol. The third-order valence-corrected chi connectivity index (χ3v) is 10.6. The lowest BCUT2D eigenvalue weighted by Crippen LogP contribution is -2.45. The number of nitrogens with one attached hydrogen (secondary N) is 2. The van der Waals surface area contributed by atoms with Crippen LogP contribution >= 0.6 is 0 Å². The minimum absolute atomic E-state index is 0.0213. The first-order chi connectivity index (χ1) is 19.3. The van der Waals surface area contributed by atoms with Crippen LogP contribution in [-0.2, 0) is 16.4 Å². The van der Waals surface area contributed by atoms with Crippen molar-refractivity contribution in [2.75, 3.05) is 13.7 Å². The fraction of sp³-hybridized carbons (Fsp3) is 0.545. The van der Waals surface area contributed by atoms with Crippen LogP contribution in [0.5, 0.6) is 5.75 Å². The van der Waals surface area contributed by atoms with Gasteiger partial charge >= 0.3 is 0 Å². The van der Waals surface area contributed by atoms with E-state index >= 15 is 0 Å². The predicted molar refractivity (Wildman–Crippen MR) is 162 cm³/mol. The summed E-state index contributed by atoms with van der Waals surface area (Å²) in [5, 5.41) is 4.70. The van der Waals surface area contributed by atoms with Crippen LogP contribution in [0.25, 0.3) is 10.9 Å². The summed E-state index contributed by atoms with van der Waals surface area (Å²) in [5.41, 5.74) is 2.91. The molecule has 0 amide bonds. The molecule has 7 heteroatoms. The fourth-order valence-corrected chi connectivity index (χ4v) is 8.17. The molecule has 0 bridgehead atoms. The van der Waals surface area contributed by atoms with Crippen molar-refractivity contribution in [1.29, 1.82) is 0 Å². The molecule has 3 aromatic rings. The molecule has 0 spiro atoms. The molecule has 1 saturated heterocycles. The molecule has 2 aliphatic rings. The van der Waals surface area contributed by atoms with Crippen LogP contribution in [0.1, 0.15) is 76.5 Å². The highest BCUT2D eigenvalue weighted by molar-refractivity contribution is 7.89.